The lowest BCUT2D eigenvalue weighted by atomic mass is 9.53. The van der Waals surface area contributed by atoms with Crippen molar-refractivity contribution in [2.45, 2.75) is 75.6 Å². The van der Waals surface area contributed by atoms with Crippen LogP contribution in [0, 0.1) is 17.8 Å². The molecule has 29 heavy (non-hydrogen) atoms. The van der Waals surface area contributed by atoms with Gasteiger partial charge in [-0.05, 0) is 80.4 Å². The van der Waals surface area contributed by atoms with E-state index in [0.717, 1.165) is 23.3 Å². The minimum absolute atomic E-state index is 0.0630. The van der Waals surface area contributed by atoms with Gasteiger partial charge in [-0.15, -0.1) is 0 Å². The molecule has 0 heterocycles. The Kier molecular flexibility index (Phi) is 5.77. The first-order valence-electron chi connectivity index (χ1n) is 11.2. The van der Waals surface area contributed by atoms with Gasteiger partial charge in [-0.3, -0.25) is 4.79 Å². The van der Waals surface area contributed by atoms with E-state index in [0.29, 0.717) is 30.8 Å². The van der Waals surface area contributed by atoms with Crippen LogP contribution >= 0.6 is 0 Å². The smallest absolute Gasteiger partial charge is 0.243 e. The summed E-state index contributed by atoms with van der Waals surface area (Å²) in [5.74, 6) is 2.61. The Labute approximate surface area is 175 Å². The van der Waals surface area contributed by atoms with Crippen LogP contribution in [0.2, 0.25) is 0 Å². The monoisotopic (exact) mass is 418 g/mol. The normalized spacial score (nSPS) is 30.7. The zero-order valence-electron chi connectivity index (χ0n) is 17.7. The van der Waals surface area contributed by atoms with Crippen molar-refractivity contribution in [3.63, 3.8) is 0 Å². The largest absolute Gasteiger partial charge is 0.351 e. The van der Waals surface area contributed by atoms with Crippen LogP contribution in [0.1, 0.15) is 64.4 Å². The number of benzene rings is 1. The molecule has 1 amide bonds. The van der Waals surface area contributed by atoms with Crippen molar-refractivity contribution in [1.29, 1.82) is 0 Å². The minimum Gasteiger partial charge on any atom is -0.351 e. The van der Waals surface area contributed by atoms with Crippen LogP contribution in [0.5, 0.6) is 0 Å². The Morgan fingerprint density at radius 3 is 2.00 bits per heavy atom. The number of amides is 1. The summed E-state index contributed by atoms with van der Waals surface area (Å²) >= 11 is 0. The molecular formula is C23H34N2O3S. The molecule has 5 rings (SSSR count). The van der Waals surface area contributed by atoms with Gasteiger partial charge in [0, 0.05) is 25.0 Å². The van der Waals surface area contributed by atoms with E-state index in [9.17, 15) is 13.2 Å². The topological polar surface area (TPSA) is 66.5 Å². The molecule has 160 valence electrons. The molecule has 4 aliphatic carbocycles. The summed E-state index contributed by atoms with van der Waals surface area (Å²) in [5, 5.41) is 3.42. The van der Waals surface area contributed by atoms with Gasteiger partial charge >= 0.3 is 0 Å². The maximum Gasteiger partial charge on any atom is 0.243 e. The summed E-state index contributed by atoms with van der Waals surface area (Å²) in [6.45, 7) is 4.62. The van der Waals surface area contributed by atoms with Crippen LogP contribution in [-0.2, 0) is 21.2 Å². The van der Waals surface area contributed by atoms with Crippen LogP contribution in [0.4, 0.5) is 0 Å². The molecule has 0 spiro atoms. The molecule has 4 fully saturated rings. The fourth-order valence-electron chi connectivity index (χ4n) is 6.42. The maximum absolute atomic E-state index is 12.7. The van der Waals surface area contributed by atoms with E-state index in [1.807, 2.05) is 26.0 Å². The highest BCUT2D eigenvalue weighted by Gasteiger charge is 2.51. The molecule has 5 nitrogen and oxygen atoms in total. The average Bonchev–Trinajstić information content (AvgIpc) is 2.66. The molecule has 1 N–H and O–H groups in total. The van der Waals surface area contributed by atoms with Crippen LogP contribution in [0.3, 0.4) is 0 Å². The van der Waals surface area contributed by atoms with Gasteiger partial charge in [0.2, 0.25) is 15.9 Å². The maximum atomic E-state index is 12.7. The summed E-state index contributed by atoms with van der Waals surface area (Å²) in [5.41, 5.74) is 1.07. The molecule has 0 aliphatic heterocycles. The zero-order valence-corrected chi connectivity index (χ0v) is 18.5. The highest BCUT2D eigenvalue weighted by molar-refractivity contribution is 7.89. The molecule has 0 unspecified atom stereocenters. The predicted molar refractivity (Wildman–Crippen MR) is 114 cm³/mol. The number of hydrogen-bond acceptors (Lipinski definition) is 3. The van der Waals surface area contributed by atoms with E-state index in [4.69, 9.17) is 0 Å². The van der Waals surface area contributed by atoms with Crippen LogP contribution in [0.15, 0.2) is 29.2 Å². The van der Waals surface area contributed by atoms with Crippen molar-refractivity contribution in [2.24, 2.45) is 17.8 Å². The molecule has 4 bridgehead atoms. The Morgan fingerprint density at radius 1 is 1.00 bits per heavy atom. The number of nitrogens with zero attached hydrogens (tertiary/aromatic N) is 1. The van der Waals surface area contributed by atoms with E-state index in [1.54, 1.807) is 12.1 Å². The van der Waals surface area contributed by atoms with Gasteiger partial charge in [-0.25, -0.2) is 8.42 Å². The first kappa shape index (κ1) is 20.9. The van der Waals surface area contributed by atoms with Gasteiger partial charge in [-0.1, -0.05) is 26.0 Å². The second-order valence-corrected chi connectivity index (χ2v) is 11.4. The highest BCUT2D eigenvalue weighted by Crippen LogP contribution is 2.55. The van der Waals surface area contributed by atoms with E-state index in [1.165, 1.54) is 42.8 Å². The van der Waals surface area contributed by atoms with Crippen LogP contribution in [-0.4, -0.2) is 37.3 Å². The third kappa shape index (κ3) is 4.24. The van der Waals surface area contributed by atoms with Crippen LogP contribution < -0.4 is 5.32 Å². The number of hydrogen-bond donors (Lipinski definition) is 1. The van der Waals surface area contributed by atoms with E-state index in [2.05, 4.69) is 5.32 Å². The van der Waals surface area contributed by atoms with Crippen molar-refractivity contribution in [2.75, 3.05) is 13.1 Å². The quantitative estimate of drug-likeness (QED) is 0.699. The van der Waals surface area contributed by atoms with Gasteiger partial charge in [0.25, 0.3) is 0 Å². The average molecular weight is 419 g/mol. The summed E-state index contributed by atoms with van der Waals surface area (Å²) in [4.78, 5) is 13.0. The van der Waals surface area contributed by atoms with Crippen molar-refractivity contribution >= 4 is 15.9 Å². The molecule has 0 saturated heterocycles. The van der Waals surface area contributed by atoms with Gasteiger partial charge < -0.3 is 5.32 Å². The number of nitrogens with one attached hydrogen (secondary N) is 1. The third-order valence-electron chi connectivity index (χ3n) is 7.35. The molecular weight excluding hydrogens is 384 g/mol. The van der Waals surface area contributed by atoms with Gasteiger partial charge in [0.05, 0.1) is 4.90 Å². The van der Waals surface area contributed by atoms with Gasteiger partial charge in [0.1, 0.15) is 0 Å². The minimum atomic E-state index is -3.43. The van der Waals surface area contributed by atoms with E-state index < -0.39 is 10.0 Å². The Balaban J connectivity index is 1.33. The van der Waals surface area contributed by atoms with Gasteiger partial charge in [0.15, 0.2) is 0 Å². The number of sulfonamides is 1. The Bertz CT molecular complexity index is 808. The highest BCUT2D eigenvalue weighted by atomic mass is 32.2. The fourth-order valence-corrected chi connectivity index (χ4v) is 7.88. The second-order valence-electron chi connectivity index (χ2n) is 9.48. The van der Waals surface area contributed by atoms with Crippen LogP contribution in [0.25, 0.3) is 0 Å². The molecule has 0 atom stereocenters. The first-order valence-corrected chi connectivity index (χ1v) is 12.7. The standard InChI is InChI=1S/C23H34N2O3S/c1-3-25(4-2)29(27,28)21-8-5-17(6-9-21)7-10-22(26)24-23-14-18-11-19(15-23)13-20(12-18)16-23/h5-6,8-9,18-20H,3-4,7,10-16H2,1-2H3,(H,24,26). The predicted octanol–water partition coefficient (Wildman–Crippen LogP) is 3.73. The summed E-state index contributed by atoms with van der Waals surface area (Å²) in [7, 11) is -3.43. The van der Waals surface area contributed by atoms with Crippen molar-refractivity contribution in [3.8, 4) is 0 Å². The van der Waals surface area contributed by atoms with Crippen molar-refractivity contribution in [3.05, 3.63) is 29.8 Å². The molecule has 1 aromatic rings. The molecule has 1 aromatic carbocycles. The summed E-state index contributed by atoms with van der Waals surface area (Å²) in [6.07, 6.45) is 8.73. The Hall–Kier alpha value is -1.40. The Morgan fingerprint density at radius 2 is 1.52 bits per heavy atom. The SMILES string of the molecule is CCN(CC)S(=O)(=O)c1ccc(CCC(=O)NC23CC4CC(CC(C4)C2)C3)cc1. The second kappa shape index (κ2) is 8.03. The van der Waals surface area contributed by atoms with E-state index in [-0.39, 0.29) is 11.4 Å². The lowest BCUT2D eigenvalue weighted by Crippen LogP contribution is -2.59. The lowest BCUT2D eigenvalue weighted by Gasteiger charge is -2.56. The molecule has 4 aliphatic rings. The molecule has 4 saturated carbocycles. The summed E-state index contributed by atoms with van der Waals surface area (Å²) in [6, 6.07) is 7.02. The van der Waals surface area contributed by atoms with Crippen molar-refractivity contribution in [1.82, 2.24) is 9.62 Å². The zero-order chi connectivity index (χ0) is 20.6. The first-order chi connectivity index (χ1) is 13.8. The number of carbonyl (C=O) groups excluding carboxylic acids is 1. The number of carbonyl (C=O) groups is 1. The summed E-state index contributed by atoms with van der Waals surface area (Å²) < 4.78 is 26.6. The number of rotatable bonds is 8. The van der Waals surface area contributed by atoms with Gasteiger partial charge in [-0.2, -0.15) is 4.31 Å². The molecule has 0 radical (unpaired) electrons. The molecule has 6 heteroatoms. The number of aryl methyl sites for hydroxylation is 1. The van der Waals surface area contributed by atoms with Crippen molar-refractivity contribution < 1.29 is 13.2 Å². The molecule has 0 aromatic heterocycles. The fraction of sp³-hybridized carbons (Fsp3) is 0.696. The lowest BCUT2D eigenvalue weighted by molar-refractivity contribution is -0.126. The van der Waals surface area contributed by atoms with E-state index >= 15 is 0 Å². The third-order valence-corrected chi connectivity index (χ3v) is 9.41.